The first-order valence-electron chi connectivity index (χ1n) is 4.97. The molecule has 0 spiro atoms. The van der Waals surface area contributed by atoms with Gasteiger partial charge in [-0.1, -0.05) is 45.4 Å². The van der Waals surface area contributed by atoms with Crippen molar-refractivity contribution in [1.82, 2.24) is 0 Å². The average Bonchev–Trinajstić information content (AvgIpc) is 2.02. The smallest absolute Gasteiger partial charge is 0.550 e. The van der Waals surface area contributed by atoms with Crippen molar-refractivity contribution in [1.29, 1.82) is 0 Å². The Hall–Kier alpha value is 0.210. The van der Waals surface area contributed by atoms with E-state index >= 15 is 0 Å². The van der Waals surface area contributed by atoms with Crippen LogP contribution < -0.4 is 5.11 Å². The van der Waals surface area contributed by atoms with E-state index in [1.54, 1.807) is 0 Å². The first-order chi connectivity index (χ1) is 5.77. The minimum absolute atomic E-state index is 0. The summed E-state index contributed by atoms with van der Waals surface area (Å²) >= 11 is 0. The molecule has 0 aliphatic carbocycles. The monoisotopic (exact) mass is 368 g/mol. The van der Waals surface area contributed by atoms with Crippen LogP contribution in [-0.4, -0.2) is 5.97 Å². The number of unbranched alkanes of at least 4 members (excludes halogenated alkanes) is 6. The number of carbonyl (C=O) groups excluding carboxylic acids is 1. The van der Waals surface area contributed by atoms with Crippen molar-refractivity contribution >= 4 is 5.97 Å². The molecule has 0 radical (unpaired) electrons. The van der Waals surface area contributed by atoms with Gasteiger partial charge in [0.05, 0.1) is 0 Å². The topological polar surface area (TPSA) is 40.1 Å². The van der Waals surface area contributed by atoms with E-state index in [9.17, 15) is 9.90 Å². The zero-order chi connectivity index (χ0) is 9.23. The average molecular weight is 368 g/mol. The van der Waals surface area contributed by atoms with E-state index < -0.39 is 5.97 Å². The third-order valence-electron chi connectivity index (χ3n) is 1.98. The second kappa shape index (κ2) is 12.2. The Morgan fingerprint density at radius 1 is 1.00 bits per heavy atom. The van der Waals surface area contributed by atoms with Gasteiger partial charge in [-0.2, -0.15) is 0 Å². The van der Waals surface area contributed by atoms with Crippen molar-refractivity contribution in [2.45, 2.75) is 58.3 Å². The van der Waals surface area contributed by atoms with Crippen LogP contribution in [0.1, 0.15) is 58.3 Å². The van der Waals surface area contributed by atoms with Gasteiger partial charge in [0.25, 0.3) is 0 Å². The summed E-state index contributed by atoms with van der Waals surface area (Å²) in [7, 11) is 0. The van der Waals surface area contributed by atoms with Gasteiger partial charge in [0.2, 0.25) is 0 Å². The molecule has 0 aromatic rings. The molecule has 82 valence electrons. The number of aliphatic carboxylic acids is 1. The fourth-order valence-corrected chi connectivity index (χ4v) is 1.23. The first kappa shape index (κ1) is 15.7. The van der Waals surface area contributed by atoms with Crippen molar-refractivity contribution in [3.8, 4) is 0 Å². The molecule has 0 saturated heterocycles. The Labute approximate surface area is 96.6 Å². The zero-order valence-electron chi connectivity index (χ0n) is 8.27. The van der Waals surface area contributed by atoms with Crippen molar-refractivity contribution in [2.75, 3.05) is 0 Å². The van der Waals surface area contributed by atoms with Gasteiger partial charge < -0.3 is 9.90 Å². The van der Waals surface area contributed by atoms with Gasteiger partial charge in [0.1, 0.15) is 0 Å². The number of carbonyl (C=O) groups is 1. The molecule has 0 atom stereocenters. The molecule has 0 aromatic carbocycles. The van der Waals surface area contributed by atoms with Crippen LogP contribution in [0.4, 0.5) is 0 Å². The number of hydrogen-bond donors (Lipinski definition) is 0. The van der Waals surface area contributed by atoms with Crippen LogP contribution in [0.2, 0.25) is 0 Å². The van der Waals surface area contributed by atoms with Gasteiger partial charge >= 0.3 is 22.4 Å². The minimum atomic E-state index is -0.913. The summed E-state index contributed by atoms with van der Waals surface area (Å²) in [6.07, 6.45) is 8.34. The molecule has 0 unspecified atom stereocenters. The van der Waals surface area contributed by atoms with Gasteiger partial charge in [-0.3, -0.25) is 0 Å². The maximum Gasteiger partial charge on any atom is 1.00 e. The van der Waals surface area contributed by atoms with Gasteiger partial charge in [0.15, 0.2) is 0 Å². The third-order valence-corrected chi connectivity index (χ3v) is 1.98. The van der Waals surface area contributed by atoms with E-state index in [0.29, 0.717) is 0 Å². The predicted molar refractivity (Wildman–Crippen MR) is 47.6 cm³/mol. The van der Waals surface area contributed by atoms with E-state index in [1.165, 1.54) is 32.1 Å². The largest absolute Gasteiger partial charge is 1.00 e. The number of rotatable bonds is 8. The summed E-state index contributed by atoms with van der Waals surface area (Å²) in [5, 5.41) is 10.0. The van der Waals surface area contributed by atoms with E-state index in [0.717, 1.165) is 12.8 Å². The Kier molecular flexibility index (Phi) is 14.7. The zero-order valence-corrected chi connectivity index (χ0v) is 10.4. The van der Waals surface area contributed by atoms with Gasteiger partial charge in [-0.15, -0.1) is 0 Å². The molecule has 0 amide bonds. The summed E-state index contributed by atoms with van der Waals surface area (Å²) < 4.78 is 0. The number of carboxylic acids is 1. The molecular formula is C10H19AuO2. The summed E-state index contributed by atoms with van der Waals surface area (Å²) in [6.45, 7) is 2.19. The molecule has 2 nitrogen and oxygen atoms in total. The maximum atomic E-state index is 10.0. The summed E-state index contributed by atoms with van der Waals surface area (Å²) in [5.74, 6) is -0.913. The van der Waals surface area contributed by atoms with E-state index in [-0.39, 0.29) is 28.8 Å². The first-order valence-corrected chi connectivity index (χ1v) is 4.97. The Balaban J connectivity index is 0. The van der Waals surface area contributed by atoms with Crippen LogP contribution >= 0.6 is 0 Å². The minimum Gasteiger partial charge on any atom is -0.550 e. The molecular weight excluding hydrogens is 349 g/mol. The molecule has 3 heteroatoms. The van der Waals surface area contributed by atoms with Crippen molar-refractivity contribution < 1.29 is 32.3 Å². The predicted octanol–water partition coefficient (Wildman–Crippen LogP) is 1.87. The summed E-state index contributed by atoms with van der Waals surface area (Å²) in [6, 6.07) is 0. The standard InChI is InChI=1S/C10H20O2.Au/c1-2-3-4-5-6-7-8-9-10(11)12;/h2-9H2,1H3,(H,11,12);/q;+1/p-1. The van der Waals surface area contributed by atoms with E-state index in [1.807, 2.05) is 0 Å². The second-order valence-corrected chi connectivity index (χ2v) is 3.24. The number of hydrogen-bond acceptors (Lipinski definition) is 2. The maximum absolute atomic E-state index is 10.0. The fraction of sp³-hybridized carbons (Fsp3) is 0.900. The van der Waals surface area contributed by atoms with Crippen LogP contribution in [0.5, 0.6) is 0 Å². The summed E-state index contributed by atoms with van der Waals surface area (Å²) in [4.78, 5) is 10.0. The molecule has 0 aliphatic heterocycles. The molecule has 0 fully saturated rings. The van der Waals surface area contributed by atoms with Crippen LogP contribution in [0.3, 0.4) is 0 Å². The van der Waals surface area contributed by atoms with Gasteiger partial charge in [-0.25, -0.2) is 0 Å². The van der Waals surface area contributed by atoms with Crippen LogP contribution in [-0.2, 0) is 27.2 Å². The third kappa shape index (κ3) is 15.0. The molecule has 0 saturated carbocycles. The molecule has 0 rings (SSSR count). The molecule has 0 aliphatic rings. The van der Waals surface area contributed by atoms with E-state index in [2.05, 4.69) is 6.92 Å². The van der Waals surface area contributed by atoms with E-state index in [4.69, 9.17) is 0 Å². The Morgan fingerprint density at radius 2 is 1.46 bits per heavy atom. The van der Waals surface area contributed by atoms with Crippen LogP contribution in [0, 0.1) is 0 Å². The molecule has 0 bridgehead atoms. The SMILES string of the molecule is CCCCCCCCCC(=O)[O-].[Au+]. The number of carboxylic acid groups (broad SMARTS) is 1. The molecule has 13 heavy (non-hydrogen) atoms. The molecule has 0 heterocycles. The molecule has 0 N–H and O–H groups in total. The van der Waals surface area contributed by atoms with Gasteiger partial charge in [-0.05, 0) is 12.8 Å². The Bertz CT molecular complexity index is 115. The van der Waals surface area contributed by atoms with Crippen LogP contribution in [0.15, 0.2) is 0 Å². The Morgan fingerprint density at radius 3 is 1.92 bits per heavy atom. The van der Waals surface area contributed by atoms with Crippen molar-refractivity contribution in [2.24, 2.45) is 0 Å². The van der Waals surface area contributed by atoms with Crippen molar-refractivity contribution in [3.05, 3.63) is 0 Å². The second-order valence-electron chi connectivity index (χ2n) is 3.24. The van der Waals surface area contributed by atoms with Gasteiger partial charge in [0, 0.05) is 5.97 Å². The quantitative estimate of drug-likeness (QED) is 0.485. The van der Waals surface area contributed by atoms with Crippen molar-refractivity contribution in [3.63, 3.8) is 0 Å². The fourth-order valence-electron chi connectivity index (χ4n) is 1.23. The normalized spacial score (nSPS) is 9.31. The van der Waals surface area contributed by atoms with Crippen LogP contribution in [0.25, 0.3) is 0 Å². The molecule has 0 aromatic heterocycles. The summed E-state index contributed by atoms with van der Waals surface area (Å²) in [5.41, 5.74) is 0.